The van der Waals surface area contributed by atoms with Crippen molar-refractivity contribution >= 4 is 20.2 Å². The van der Waals surface area contributed by atoms with E-state index in [0.717, 1.165) is 19.3 Å². The SMILES string of the molecule is CCCCCC[O][Sn](=[O])[CH](F)C(F)C(F)C(F)F. The molecule has 0 saturated carbocycles. The molecule has 0 rings (SSSR count). The van der Waals surface area contributed by atoms with Crippen LogP contribution in [0.1, 0.15) is 32.6 Å². The molecule has 0 aliphatic heterocycles. The van der Waals surface area contributed by atoms with Crippen LogP contribution < -0.4 is 0 Å². The van der Waals surface area contributed by atoms with E-state index in [0.29, 0.717) is 6.42 Å². The molecule has 0 aromatic rings. The summed E-state index contributed by atoms with van der Waals surface area (Å²) in [6.07, 6.45) is -6.72. The van der Waals surface area contributed by atoms with Crippen molar-refractivity contribution in [1.82, 2.24) is 0 Å². The first-order valence-corrected chi connectivity index (χ1v) is 9.76. The Hall–Kier alpha value is 0.209. The number of hydrogen-bond acceptors (Lipinski definition) is 2. The Balaban J connectivity index is 3.95. The molecule has 0 N–H and O–H groups in total. The van der Waals surface area contributed by atoms with Crippen LogP contribution in [0.4, 0.5) is 22.0 Å². The summed E-state index contributed by atoms with van der Waals surface area (Å²) < 4.78 is 75.1. The average Bonchev–Trinajstić information content (AvgIpc) is 2.35. The van der Waals surface area contributed by atoms with E-state index in [2.05, 4.69) is 3.07 Å². The van der Waals surface area contributed by atoms with E-state index in [-0.39, 0.29) is 6.61 Å². The summed E-state index contributed by atoms with van der Waals surface area (Å²) in [6, 6.07) is 0. The normalized spacial score (nSPS) is 16.6. The molecule has 0 aromatic heterocycles. The van der Waals surface area contributed by atoms with Crippen LogP contribution in [-0.2, 0) is 6.15 Å². The number of rotatable bonds is 10. The van der Waals surface area contributed by atoms with Gasteiger partial charge in [-0.1, -0.05) is 0 Å². The fourth-order valence-corrected chi connectivity index (χ4v) is 3.92. The Kier molecular flexibility index (Phi) is 10.2. The molecule has 0 amide bonds. The standard InChI is InChI=1S/C6H13O.C4H4F5.O.Sn/c1-2-3-4-5-6-7;5-1-2(6)3(7)4(8)9;;/h2-6H2,1H3;1-4H;;/q-1;;;+1. The van der Waals surface area contributed by atoms with Crippen LogP contribution in [-0.4, -0.2) is 49.7 Å². The molecule has 0 spiro atoms. The molecule has 3 atom stereocenters. The van der Waals surface area contributed by atoms with Gasteiger partial charge in [0.1, 0.15) is 0 Å². The summed E-state index contributed by atoms with van der Waals surface area (Å²) in [5.74, 6) is 0. The summed E-state index contributed by atoms with van der Waals surface area (Å²) in [5.41, 5.74) is 0. The van der Waals surface area contributed by atoms with Crippen molar-refractivity contribution in [2.75, 3.05) is 6.61 Å². The Morgan fingerprint density at radius 2 is 1.61 bits per heavy atom. The first-order valence-electron chi connectivity index (χ1n) is 5.78. The third-order valence-corrected chi connectivity index (χ3v) is 5.88. The van der Waals surface area contributed by atoms with Crippen molar-refractivity contribution in [3.63, 3.8) is 0 Å². The van der Waals surface area contributed by atoms with Gasteiger partial charge in [-0.3, -0.25) is 0 Å². The molecule has 0 aliphatic carbocycles. The molecule has 0 aromatic carbocycles. The molecular weight excluding hydrogens is 366 g/mol. The van der Waals surface area contributed by atoms with E-state index in [4.69, 9.17) is 0 Å². The summed E-state index contributed by atoms with van der Waals surface area (Å²) in [6.45, 7) is 1.98. The molecule has 2 nitrogen and oxygen atoms in total. The molecule has 0 bridgehead atoms. The predicted molar refractivity (Wildman–Crippen MR) is 57.2 cm³/mol. The van der Waals surface area contributed by atoms with Gasteiger partial charge in [-0.2, -0.15) is 0 Å². The second kappa shape index (κ2) is 10.1. The topological polar surface area (TPSA) is 26.3 Å². The van der Waals surface area contributed by atoms with Crippen molar-refractivity contribution in [3.05, 3.63) is 0 Å². The van der Waals surface area contributed by atoms with Gasteiger partial charge >= 0.3 is 110 Å². The number of hydrogen-bond donors (Lipinski definition) is 0. The maximum atomic E-state index is 13.1. The quantitative estimate of drug-likeness (QED) is 0.329. The third-order valence-electron chi connectivity index (χ3n) is 2.29. The molecule has 18 heavy (non-hydrogen) atoms. The summed E-state index contributed by atoms with van der Waals surface area (Å²) in [7, 11) is 0. The second-order valence-corrected chi connectivity index (χ2v) is 8.07. The van der Waals surface area contributed by atoms with Crippen LogP contribution in [0.5, 0.6) is 0 Å². The van der Waals surface area contributed by atoms with E-state index in [1.807, 2.05) is 6.92 Å². The van der Waals surface area contributed by atoms with Crippen LogP contribution in [0.15, 0.2) is 0 Å². The van der Waals surface area contributed by atoms with Crippen LogP contribution in [0, 0.1) is 0 Å². The van der Waals surface area contributed by atoms with Crippen molar-refractivity contribution in [3.8, 4) is 0 Å². The van der Waals surface area contributed by atoms with E-state index in [9.17, 15) is 25.0 Å². The third kappa shape index (κ3) is 6.96. The van der Waals surface area contributed by atoms with E-state index in [1.165, 1.54) is 0 Å². The Morgan fingerprint density at radius 3 is 2.11 bits per heavy atom. The van der Waals surface area contributed by atoms with Gasteiger partial charge in [0.15, 0.2) is 0 Å². The Bertz CT molecular complexity index is 242. The van der Waals surface area contributed by atoms with Gasteiger partial charge in [0, 0.05) is 0 Å². The van der Waals surface area contributed by atoms with Crippen LogP contribution >= 0.6 is 0 Å². The summed E-state index contributed by atoms with van der Waals surface area (Å²) in [5, 5.41) is 0. The maximum absolute atomic E-state index is 13.1. The zero-order chi connectivity index (χ0) is 14.1. The van der Waals surface area contributed by atoms with Gasteiger partial charge in [0.05, 0.1) is 0 Å². The first-order chi connectivity index (χ1) is 8.41. The molecule has 0 saturated heterocycles. The zero-order valence-corrected chi connectivity index (χ0v) is 12.9. The van der Waals surface area contributed by atoms with Crippen molar-refractivity contribution in [1.29, 1.82) is 0 Å². The van der Waals surface area contributed by atoms with Gasteiger partial charge < -0.3 is 0 Å². The van der Waals surface area contributed by atoms with Crippen molar-refractivity contribution in [2.45, 2.75) is 55.6 Å². The molecule has 0 radical (unpaired) electrons. The van der Waals surface area contributed by atoms with E-state index >= 15 is 0 Å². The van der Waals surface area contributed by atoms with Gasteiger partial charge in [-0.05, 0) is 0 Å². The van der Waals surface area contributed by atoms with Gasteiger partial charge in [-0.25, -0.2) is 0 Å². The van der Waals surface area contributed by atoms with E-state index in [1.54, 1.807) is 0 Å². The zero-order valence-electron chi connectivity index (χ0n) is 10.1. The number of alkyl halides is 5. The molecule has 0 aliphatic rings. The molecule has 3 unspecified atom stereocenters. The van der Waals surface area contributed by atoms with Crippen LogP contribution in [0.2, 0.25) is 0 Å². The van der Waals surface area contributed by atoms with Crippen LogP contribution in [0.3, 0.4) is 0 Å². The Labute approximate surface area is 111 Å². The molecule has 8 heteroatoms. The molecule has 0 heterocycles. The fraction of sp³-hybridized carbons (Fsp3) is 1.00. The summed E-state index contributed by atoms with van der Waals surface area (Å²) >= 11 is -4.45. The molecular formula is C10H17F5O2Sn. The van der Waals surface area contributed by atoms with Crippen molar-refractivity contribution < 1.29 is 28.1 Å². The van der Waals surface area contributed by atoms with E-state index < -0.39 is 43.1 Å². The minimum absolute atomic E-state index is 0.00293. The first kappa shape index (κ1) is 18.2. The number of unbranched alkanes of at least 4 members (excludes halogenated alkanes) is 3. The predicted octanol–water partition coefficient (Wildman–Crippen LogP) is 3.32. The second-order valence-electron chi connectivity index (χ2n) is 3.85. The number of halogens is 5. The molecule has 0 fully saturated rings. The van der Waals surface area contributed by atoms with Gasteiger partial charge in [0.25, 0.3) is 0 Å². The van der Waals surface area contributed by atoms with Gasteiger partial charge in [-0.15, -0.1) is 0 Å². The van der Waals surface area contributed by atoms with Gasteiger partial charge in [0.2, 0.25) is 0 Å². The monoisotopic (exact) mass is 384 g/mol. The Morgan fingerprint density at radius 1 is 1.00 bits per heavy atom. The average molecular weight is 383 g/mol. The van der Waals surface area contributed by atoms with Crippen LogP contribution in [0.25, 0.3) is 0 Å². The molecule has 108 valence electrons. The minimum atomic E-state index is -4.45. The van der Waals surface area contributed by atoms with Crippen molar-refractivity contribution in [2.24, 2.45) is 0 Å². The summed E-state index contributed by atoms with van der Waals surface area (Å²) in [4.78, 5) is 0. The fourth-order valence-electron chi connectivity index (χ4n) is 1.21.